The minimum Gasteiger partial charge on any atom is -0.508 e. The SMILES string of the molecule is COc1ccc(OC)c(C(=O)Nc2ccc(O)cc2Cl)c1. The van der Waals surface area contributed by atoms with E-state index in [1.54, 1.807) is 18.2 Å². The minimum absolute atomic E-state index is 0.0250. The lowest BCUT2D eigenvalue weighted by molar-refractivity contribution is 0.102. The van der Waals surface area contributed by atoms with Gasteiger partial charge in [-0.15, -0.1) is 0 Å². The third kappa shape index (κ3) is 3.38. The Kier molecular flexibility index (Phi) is 4.55. The van der Waals surface area contributed by atoms with Crippen molar-refractivity contribution in [1.82, 2.24) is 0 Å². The van der Waals surface area contributed by atoms with Crippen molar-refractivity contribution < 1.29 is 19.4 Å². The average Bonchev–Trinajstić information content (AvgIpc) is 2.49. The summed E-state index contributed by atoms with van der Waals surface area (Å²) in [5, 5.41) is 12.2. The summed E-state index contributed by atoms with van der Waals surface area (Å²) >= 11 is 5.96. The first-order chi connectivity index (χ1) is 10.0. The Morgan fingerprint density at radius 3 is 2.52 bits per heavy atom. The molecule has 21 heavy (non-hydrogen) atoms. The lowest BCUT2D eigenvalue weighted by Gasteiger charge is -2.12. The van der Waals surface area contributed by atoms with Gasteiger partial charge in [0.2, 0.25) is 0 Å². The maximum atomic E-state index is 12.3. The Hall–Kier alpha value is -2.40. The third-order valence-corrected chi connectivity index (χ3v) is 3.16. The lowest BCUT2D eigenvalue weighted by atomic mass is 10.1. The molecule has 6 heteroatoms. The summed E-state index contributed by atoms with van der Waals surface area (Å²) in [6, 6.07) is 9.21. The molecule has 0 saturated heterocycles. The zero-order chi connectivity index (χ0) is 15.4. The van der Waals surface area contributed by atoms with Gasteiger partial charge in [0.15, 0.2) is 0 Å². The van der Waals surface area contributed by atoms with E-state index in [-0.39, 0.29) is 10.8 Å². The maximum absolute atomic E-state index is 12.3. The molecule has 5 nitrogen and oxygen atoms in total. The minimum atomic E-state index is -0.390. The van der Waals surface area contributed by atoms with Gasteiger partial charge in [-0.05, 0) is 30.3 Å². The molecule has 0 aliphatic rings. The summed E-state index contributed by atoms with van der Waals surface area (Å²) in [5.41, 5.74) is 0.713. The van der Waals surface area contributed by atoms with Crippen molar-refractivity contribution in [1.29, 1.82) is 0 Å². The zero-order valence-electron chi connectivity index (χ0n) is 11.5. The summed E-state index contributed by atoms with van der Waals surface area (Å²) in [7, 11) is 2.99. The number of phenolic OH excluding ortho intramolecular Hbond substituents is 1. The molecule has 0 aliphatic carbocycles. The molecule has 110 valence electrons. The topological polar surface area (TPSA) is 67.8 Å². The van der Waals surface area contributed by atoms with Gasteiger partial charge < -0.3 is 19.9 Å². The predicted octanol–water partition coefficient (Wildman–Crippen LogP) is 3.32. The van der Waals surface area contributed by atoms with E-state index in [4.69, 9.17) is 21.1 Å². The summed E-state index contributed by atoms with van der Waals surface area (Å²) in [6.07, 6.45) is 0. The second kappa shape index (κ2) is 6.37. The Bertz CT molecular complexity index is 673. The summed E-state index contributed by atoms with van der Waals surface area (Å²) in [4.78, 5) is 12.3. The van der Waals surface area contributed by atoms with Crippen LogP contribution < -0.4 is 14.8 Å². The maximum Gasteiger partial charge on any atom is 0.259 e. The van der Waals surface area contributed by atoms with Crippen LogP contribution in [-0.2, 0) is 0 Å². The molecule has 2 aromatic carbocycles. The molecule has 0 spiro atoms. The molecule has 1 amide bonds. The van der Waals surface area contributed by atoms with E-state index >= 15 is 0 Å². The Morgan fingerprint density at radius 1 is 1.14 bits per heavy atom. The summed E-state index contributed by atoms with van der Waals surface area (Å²) < 4.78 is 10.3. The van der Waals surface area contributed by atoms with Gasteiger partial charge in [0.05, 0.1) is 30.5 Å². The molecule has 2 rings (SSSR count). The van der Waals surface area contributed by atoms with Gasteiger partial charge in [0.1, 0.15) is 17.2 Å². The number of amides is 1. The van der Waals surface area contributed by atoms with E-state index in [0.717, 1.165) is 0 Å². The Morgan fingerprint density at radius 2 is 1.90 bits per heavy atom. The number of benzene rings is 2. The van der Waals surface area contributed by atoms with E-state index in [1.165, 1.54) is 32.4 Å². The smallest absolute Gasteiger partial charge is 0.259 e. The van der Waals surface area contributed by atoms with Crippen LogP contribution in [-0.4, -0.2) is 25.2 Å². The van der Waals surface area contributed by atoms with Crippen molar-refractivity contribution >= 4 is 23.2 Å². The van der Waals surface area contributed by atoms with Gasteiger partial charge in [0.25, 0.3) is 5.91 Å². The monoisotopic (exact) mass is 307 g/mol. The standard InChI is InChI=1S/C15H14ClNO4/c1-20-10-4-6-14(21-2)11(8-10)15(19)17-13-5-3-9(18)7-12(13)16/h3-8,18H,1-2H3,(H,17,19). The normalized spacial score (nSPS) is 10.0. The first-order valence-corrected chi connectivity index (χ1v) is 6.45. The molecule has 0 unspecified atom stereocenters. The van der Waals surface area contributed by atoms with Crippen LogP contribution in [0, 0.1) is 0 Å². The molecule has 0 bridgehead atoms. The number of phenols is 1. The van der Waals surface area contributed by atoms with Crippen LogP contribution in [0.5, 0.6) is 17.2 Å². The summed E-state index contributed by atoms with van der Waals surface area (Å²) in [6.45, 7) is 0. The first kappa shape index (κ1) is 15.0. The van der Waals surface area contributed by atoms with E-state index in [9.17, 15) is 9.90 Å². The van der Waals surface area contributed by atoms with Crippen molar-refractivity contribution in [3.63, 3.8) is 0 Å². The Labute approximate surface area is 127 Å². The number of methoxy groups -OCH3 is 2. The lowest BCUT2D eigenvalue weighted by Crippen LogP contribution is -2.13. The van der Waals surface area contributed by atoms with E-state index in [2.05, 4.69) is 5.32 Å². The third-order valence-electron chi connectivity index (χ3n) is 2.85. The number of aromatic hydroxyl groups is 1. The number of halogens is 1. The van der Waals surface area contributed by atoms with Crippen molar-refractivity contribution in [2.45, 2.75) is 0 Å². The molecule has 0 aromatic heterocycles. The average molecular weight is 308 g/mol. The number of ether oxygens (including phenoxy) is 2. The van der Waals surface area contributed by atoms with E-state index < -0.39 is 5.91 Å². The van der Waals surface area contributed by atoms with Crippen LogP contribution in [0.15, 0.2) is 36.4 Å². The highest BCUT2D eigenvalue weighted by molar-refractivity contribution is 6.34. The van der Waals surface area contributed by atoms with Crippen molar-refractivity contribution in [3.05, 3.63) is 47.0 Å². The molecular weight excluding hydrogens is 294 g/mol. The van der Waals surface area contributed by atoms with Gasteiger partial charge in [-0.2, -0.15) is 0 Å². The molecule has 0 aliphatic heterocycles. The summed E-state index contributed by atoms with van der Waals surface area (Å²) in [5.74, 6) is 0.594. The van der Waals surface area contributed by atoms with Crippen molar-refractivity contribution in [2.24, 2.45) is 0 Å². The van der Waals surface area contributed by atoms with Gasteiger partial charge in [-0.1, -0.05) is 11.6 Å². The molecular formula is C15H14ClNO4. The number of rotatable bonds is 4. The van der Waals surface area contributed by atoms with Gasteiger partial charge in [-0.25, -0.2) is 0 Å². The van der Waals surface area contributed by atoms with Crippen molar-refractivity contribution in [2.75, 3.05) is 19.5 Å². The fourth-order valence-electron chi connectivity index (χ4n) is 1.79. The van der Waals surface area contributed by atoms with E-state index in [1.807, 2.05) is 0 Å². The predicted molar refractivity (Wildman–Crippen MR) is 80.6 cm³/mol. The second-order valence-corrected chi connectivity index (χ2v) is 4.59. The fraction of sp³-hybridized carbons (Fsp3) is 0.133. The van der Waals surface area contributed by atoms with Gasteiger partial charge in [-0.3, -0.25) is 4.79 Å². The number of hydrogen-bond acceptors (Lipinski definition) is 4. The molecule has 0 radical (unpaired) electrons. The number of carbonyl (C=O) groups is 1. The number of anilines is 1. The van der Waals surface area contributed by atoms with E-state index in [0.29, 0.717) is 22.7 Å². The molecule has 0 fully saturated rings. The largest absolute Gasteiger partial charge is 0.508 e. The molecule has 2 aromatic rings. The van der Waals surface area contributed by atoms with Crippen LogP contribution >= 0.6 is 11.6 Å². The highest BCUT2D eigenvalue weighted by Crippen LogP contribution is 2.29. The second-order valence-electron chi connectivity index (χ2n) is 4.18. The number of nitrogens with one attached hydrogen (secondary N) is 1. The van der Waals surface area contributed by atoms with Crippen LogP contribution in [0.2, 0.25) is 5.02 Å². The van der Waals surface area contributed by atoms with Crippen LogP contribution in [0.25, 0.3) is 0 Å². The van der Waals surface area contributed by atoms with Crippen LogP contribution in [0.3, 0.4) is 0 Å². The highest BCUT2D eigenvalue weighted by atomic mass is 35.5. The zero-order valence-corrected chi connectivity index (χ0v) is 12.3. The molecule has 0 saturated carbocycles. The first-order valence-electron chi connectivity index (χ1n) is 6.07. The number of carbonyl (C=O) groups excluding carboxylic acids is 1. The van der Waals surface area contributed by atoms with Gasteiger partial charge in [0, 0.05) is 6.07 Å². The van der Waals surface area contributed by atoms with Crippen LogP contribution in [0.4, 0.5) is 5.69 Å². The van der Waals surface area contributed by atoms with Crippen LogP contribution in [0.1, 0.15) is 10.4 Å². The number of hydrogen-bond donors (Lipinski definition) is 2. The molecule has 0 heterocycles. The molecule has 0 atom stereocenters. The fourth-order valence-corrected chi connectivity index (χ4v) is 2.01. The quantitative estimate of drug-likeness (QED) is 0.850. The van der Waals surface area contributed by atoms with Gasteiger partial charge >= 0.3 is 0 Å². The molecule has 2 N–H and O–H groups in total. The Balaban J connectivity index is 2.31. The highest BCUT2D eigenvalue weighted by Gasteiger charge is 2.15. The van der Waals surface area contributed by atoms with Crippen molar-refractivity contribution in [3.8, 4) is 17.2 Å².